The van der Waals surface area contributed by atoms with Crippen molar-refractivity contribution < 1.29 is 1.43 Å². The molecular weight excluding hydrogens is 124 g/mol. The van der Waals surface area contributed by atoms with Crippen LogP contribution >= 0.6 is 0 Å². The van der Waals surface area contributed by atoms with Crippen LogP contribution in [0.3, 0.4) is 0 Å². The van der Waals surface area contributed by atoms with Crippen LogP contribution < -0.4 is 0 Å². The third-order valence-electron chi connectivity index (χ3n) is 0.713. The van der Waals surface area contributed by atoms with Crippen LogP contribution in [0, 0.1) is 0 Å². The van der Waals surface area contributed by atoms with E-state index in [1.165, 1.54) is 6.42 Å². The SMILES string of the molecule is C=Cc1ncc[nH]1.CCC.[HH]. The Kier molecular flexibility index (Phi) is 5.44. The lowest BCUT2D eigenvalue weighted by Crippen LogP contribution is -1.67. The minimum absolute atomic E-state index is 0. The van der Waals surface area contributed by atoms with Crippen molar-refractivity contribution in [2.45, 2.75) is 20.3 Å². The molecule has 0 saturated carbocycles. The average molecular weight is 140 g/mol. The largest absolute Gasteiger partial charge is 0.345 e. The zero-order valence-corrected chi connectivity index (χ0v) is 6.59. The third-order valence-corrected chi connectivity index (χ3v) is 0.713. The Bertz CT molecular complexity index is 159. The van der Waals surface area contributed by atoms with Gasteiger partial charge in [0.1, 0.15) is 5.82 Å². The predicted molar refractivity (Wildman–Crippen MR) is 46.8 cm³/mol. The quantitative estimate of drug-likeness (QED) is 0.638. The van der Waals surface area contributed by atoms with E-state index in [1.54, 1.807) is 18.5 Å². The van der Waals surface area contributed by atoms with Crippen LogP contribution in [0.2, 0.25) is 0 Å². The molecule has 1 aromatic heterocycles. The molecular formula is C8H16N2. The minimum atomic E-state index is 0. The molecule has 1 heterocycles. The molecule has 0 aliphatic carbocycles. The van der Waals surface area contributed by atoms with E-state index in [4.69, 9.17) is 0 Å². The van der Waals surface area contributed by atoms with E-state index >= 15 is 0 Å². The summed E-state index contributed by atoms with van der Waals surface area (Å²) in [7, 11) is 0. The van der Waals surface area contributed by atoms with Gasteiger partial charge in [0.05, 0.1) is 0 Å². The van der Waals surface area contributed by atoms with Crippen molar-refractivity contribution in [3.8, 4) is 0 Å². The molecule has 0 atom stereocenters. The van der Waals surface area contributed by atoms with Gasteiger partial charge in [0.2, 0.25) is 0 Å². The fraction of sp³-hybridized carbons (Fsp3) is 0.375. The number of nitrogens with one attached hydrogen (secondary N) is 1. The van der Waals surface area contributed by atoms with Gasteiger partial charge in [-0.2, -0.15) is 0 Å². The third kappa shape index (κ3) is 3.89. The van der Waals surface area contributed by atoms with Gasteiger partial charge in [0, 0.05) is 13.8 Å². The Balaban J connectivity index is 0. The highest BCUT2D eigenvalue weighted by atomic mass is 14.9. The van der Waals surface area contributed by atoms with Gasteiger partial charge < -0.3 is 4.98 Å². The predicted octanol–water partition coefficient (Wildman–Crippen LogP) is 2.72. The summed E-state index contributed by atoms with van der Waals surface area (Å²) in [5.74, 6) is 0.819. The van der Waals surface area contributed by atoms with E-state index in [0.717, 1.165) is 5.82 Å². The van der Waals surface area contributed by atoms with Crippen molar-refractivity contribution in [1.82, 2.24) is 9.97 Å². The highest BCUT2D eigenvalue weighted by Crippen LogP contribution is 1.85. The smallest absolute Gasteiger partial charge is 0.129 e. The van der Waals surface area contributed by atoms with E-state index in [2.05, 4.69) is 30.4 Å². The molecule has 1 aromatic rings. The molecule has 0 aliphatic heterocycles. The maximum atomic E-state index is 3.86. The molecule has 0 saturated heterocycles. The fourth-order valence-corrected chi connectivity index (χ4v) is 0.389. The number of aromatic nitrogens is 2. The van der Waals surface area contributed by atoms with Crippen LogP contribution in [0.1, 0.15) is 27.5 Å². The molecule has 1 N–H and O–H groups in total. The minimum Gasteiger partial charge on any atom is -0.345 e. The van der Waals surface area contributed by atoms with Crippen LogP contribution in [0.5, 0.6) is 0 Å². The molecule has 0 radical (unpaired) electrons. The second-order valence-corrected chi connectivity index (χ2v) is 1.89. The molecule has 10 heavy (non-hydrogen) atoms. The summed E-state index contributed by atoms with van der Waals surface area (Å²) in [6.07, 6.45) is 6.37. The van der Waals surface area contributed by atoms with Crippen molar-refractivity contribution in [2.75, 3.05) is 0 Å². The van der Waals surface area contributed by atoms with Crippen molar-refractivity contribution >= 4 is 6.08 Å². The summed E-state index contributed by atoms with van der Waals surface area (Å²) in [6, 6.07) is 0. The van der Waals surface area contributed by atoms with Crippen molar-refractivity contribution in [2.24, 2.45) is 0 Å². The number of H-pyrrole nitrogens is 1. The highest BCUT2D eigenvalue weighted by molar-refractivity contribution is 5.34. The Morgan fingerprint density at radius 1 is 1.80 bits per heavy atom. The van der Waals surface area contributed by atoms with E-state index in [0.29, 0.717) is 0 Å². The van der Waals surface area contributed by atoms with Crippen LogP contribution in [0.25, 0.3) is 6.08 Å². The summed E-state index contributed by atoms with van der Waals surface area (Å²) in [5.41, 5.74) is 0. The lowest BCUT2D eigenvalue weighted by atomic mass is 10.6. The number of hydrogen-bond donors (Lipinski definition) is 1. The highest BCUT2D eigenvalue weighted by Gasteiger charge is 1.78. The van der Waals surface area contributed by atoms with Crippen molar-refractivity contribution in [3.63, 3.8) is 0 Å². The van der Waals surface area contributed by atoms with Gasteiger partial charge in [-0.1, -0.05) is 26.8 Å². The first-order valence-corrected chi connectivity index (χ1v) is 3.46. The van der Waals surface area contributed by atoms with Gasteiger partial charge in [-0.15, -0.1) is 0 Å². The zero-order valence-electron chi connectivity index (χ0n) is 6.59. The standard InChI is InChI=1S/C5H6N2.C3H8.H2/c1-2-5-6-3-4-7-5;1-3-2;/h2-4H,1H2,(H,6,7);3H2,1-2H3;1H. The van der Waals surface area contributed by atoms with Gasteiger partial charge in [-0.3, -0.25) is 0 Å². The Morgan fingerprint density at radius 3 is 2.60 bits per heavy atom. The van der Waals surface area contributed by atoms with Crippen LogP contribution in [-0.2, 0) is 0 Å². The van der Waals surface area contributed by atoms with Gasteiger partial charge in [0.15, 0.2) is 0 Å². The van der Waals surface area contributed by atoms with Crippen LogP contribution in [-0.4, -0.2) is 9.97 Å². The number of aromatic amines is 1. The first kappa shape index (κ1) is 8.95. The van der Waals surface area contributed by atoms with Crippen LogP contribution in [0.15, 0.2) is 19.0 Å². The van der Waals surface area contributed by atoms with Gasteiger partial charge in [-0.25, -0.2) is 4.98 Å². The molecule has 1 rings (SSSR count). The summed E-state index contributed by atoms with van der Waals surface area (Å²) in [5, 5.41) is 0. The summed E-state index contributed by atoms with van der Waals surface area (Å²) >= 11 is 0. The first-order chi connectivity index (χ1) is 4.85. The molecule has 0 bridgehead atoms. The second-order valence-electron chi connectivity index (χ2n) is 1.89. The number of nitrogens with zero attached hydrogens (tertiary/aromatic N) is 1. The molecule has 0 fully saturated rings. The monoisotopic (exact) mass is 140 g/mol. The maximum absolute atomic E-state index is 3.86. The van der Waals surface area contributed by atoms with Gasteiger partial charge >= 0.3 is 0 Å². The molecule has 2 nitrogen and oxygen atoms in total. The summed E-state index contributed by atoms with van der Waals surface area (Å²) in [4.78, 5) is 6.72. The molecule has 0 aliphatic rings. The van der Waals surface area contributed by atoms with E-state index < -0.39 is 0 Å². The van der Waals surface area contributed by atoms with Crippen molar-refractivity contribution in [1.29, 1.82) is 0 Å². The molecule has 0 amide bonds. The zero-order chi connectivity index (χ0) is 7.82. The summed E-state index contributed by atoms with van der Waals surface area (Å²) in [6.45, 7) is 7.76. The van der Waals surface area contributed by atoms with E-state index in [9.17, 15) is 0 Å². The van der Waals surface area contributed by atoms with Gasteiger partial charge in [0.25, 0.3) is 0 Å². The Labute approximate surface area is 63.5 Å². The lowest BCUT2D eigenvalue weighted by Gasteiger charge is -1.73. The molecule has 58 valence electrons. The number of rotatable bonds is 1. The van der Waals surface area contributed by atoms with Crippen LogP contribution in [0.4, 0.5) is 0 Å². The average Bonchev–Trinajstić information content (AvgIpc) is 2.39. The summed E-state index contributed by atoms with van der Waals surface area (Å²) < 4.78 is 0. The van der Waals surface area contributed by atoms with E-state index in [-0.39, 0.29) is 1.43 Å². The Hall–Kier alpha value is -1.05. The van der Waals surface area contributed by atoms with Gasteiger partial charge in [-0.05, 0) is 6.08 Å². The first-order valence-electron chi connectivity index (χ1n) is 3.46. The molecule has 0 spiro atoms. The molecule has 0 aromatic carbocycles. The number of imidazole rings is 1. The fourth-order valence-electron chi connectivity index (χ4n) is 0.389. The normalized spacial score (nSPS) is 7.80. The van der Waals surface area contributed by atoms with E-state index in [1.807, 2.05) is 0 Å². The lowest BCUT2D eigenvalue weighted by molar-refractivity contribution is 1.09. The topological polar surface area (TPSA) is 28.7 Å². The van der Waals surface area contributed by atoms with Crippen molar-refractivity contribution in [3.05, 3.63) is 24.8 Å². The molecule has 2 heteroatoms. The Morgan fingerprint density at radius 2 is 2.40 bits per heavy atom. The molecule has 0 unspecified atom stereocenters. The maximum Gasteiger partial charge on any atom is 0.129 e. The second kappa shape index (κ2) is 6.08. The number of hydrogen-bond acceptors (Lipinski definition) is 1.